The maximum Gasteiger partial charge on any atom is -1.00 e. The van der Waals surface area contributed by atoms with Crippen LogP contribution in [0.5, 0.6) is 0 Å². The van der Waals surface area contributed by atoms with Crippen LogP contribution in [0.2, 0.25) is 0 Å². The van der Waals surface area contributed by atoms with Crippen molar-refractivity contribution in [3.63, 3.8) is 0 Å². The summed E-state index contributed by atoms with van der Waals surface area (Å²) in [6, 6.07) is 24.0. The van der Waals surface area contributed by atoms with Gasteiger partial charge in [-0.15, -0.1) is 0 Å². The van der Waals surface area contributed by atoms with Crippen molar-refractivity contribution in [3.05, 3.63) is 152 Å². The Labute approximate surface area is 299 Å². The number of aryl methyl sites for hydroxylation is 2. The van der Waals surface area contributed by atoms with Gasteiger partial charge in [0.05, 0.1) is 0 Å². The van der Waals surface area contributed by atoms with Crippen LogP contribution in [0.1, 0.15) is 70.5 Å². The van der Waals surface area contributed by atoms with Crippen LogP contribution >= 0.6 is 22.7 Å². The first-order valence-corrected chi connectivity index (χ1v) is 19.7. The Bertz CT molecular complexity index is 1800. The van der Waals surface area contributed by atoms with Crippen molar-refractivity contribution >= 4 is 29.2 Å². The van der Waals surface area contributed by atoms with E-state index in [1.165, 1.54) is 78.6 Å². The fraction of sp³-hybridized carbons (Fsp3) is 0.200. The average molecular weight is 741 g/mol. The van der Waals surface area contributed by atoms with E-state index in [0.29, 0.717) is 11.8 Å². The van der Waals surface area contributed by atoms with Crippen molar-refractivity contribution in [1.29, 1.82) is 0 Å². The quantitative estimate of drug-likeness (QED) is 0.218. The van der Waals surface area contributed by atoms with Crippen molar-refractivity contribution < 1.29 is 48.0 Å². The number of fused-ring (bicyclic) bond motifs is 6. The summed E-state index contributed by atoms with van der Waals surface area (Å²) in [7, 11) is 0. The first kappa shape index (κ1) is 32.7. The minimum absolute atomic E-state index is 0. The van der Waals surface area contributed by atoms with E-state index in [1.807, 2.05) is 22.7 Å². The van der Waals surface area contributed by atoms with Gasteiger partial charge in [0.1, 0.15) is 0 Å². The molecule has 0 radical (unpaired) electrons. The van der Waals surface area contributed by atoms with Gasteiger partial charge in [-0.3, -0.25) is 0 Å². The monoisotopic (exact) mass is 738 g/mol. The van der Waals surface area contributed by atoms with Crippen LogP contribution in [0.15, 0.2) is 120 Å². The molecule has 2 atom stereocenters. The summed E-state index contributed by atoms with van der Waals surface area (Å²) in [5, 5.41) is 0. The summed E-state index contributed by atoms with van der Waals surface area (Å²) in [5.41, 5.74) is 11.9. The zero-order chi connectivity index (χ0) is 28.9. The Morgan fingerprint density at radius 2 is 1.04 bits per heavy atom. The van der Waals surface area contributed by atoms with Crippen molar-refractivity contribution in [2.45, 2.75) is 51.4 Å². The number of hydrogen-bond acceptors (Lipinski definition) is 2. The maximum atomic E-state index is 2.53. The molecule has 4 aromatic rings. The number of halogens is 2. The molecule has 2 aromatic heterocycles. The fourth-order valence-corrected chi connectivity index (χ4v) is 13.5. The largest absolute Gasteiger partial charge is 1.00 e. The molecular formula is C40H34Cl2S2Zr. The van der Waals surface area contributed by atoms with Gasteiger partial charge >= 0.3 is 277 Å². The molecule has 45 heavy (non-hydrogen) atoms. The molecule has 2 aromatic carbocycles. The zero-order valence-electron chi connectivity index (χ0n) is 25.4. The van der Waals surface area contributed by atoms with Gasteiger partial charge in [0.2, 0.25) is 0 Å². The van der Waals surface area contributed by atoms with Gasteiger partial charge in [0, 0.05) is 0 Å². The van der Waals surface area contributed by atoms with Crippen LogP contribution in [-0.4, -0.2) is 0 Å². The van der Waals surface area contributed by atoms with Gasteiger partial charge in [-0.05, 0) is 0 Å². The number of rotatable bonds is 8. The molecule has 0 aliphatic heterocycles. The normalized spacial score (nSPS) is 18.3. The minimum Gasteiger partial charge on any atom is -1.00 e. The molecule has 0 bridgehead atoms. The van der Waals surface area contributed by atoms with Gasteiger partial charge in [0.25, 0.3) is 0 Å². The van der Waals surface area contributed by atoms with Gasteiger partial charge in [-0.2, -0.15) is 0 Å². The molecule has 2 heterocycles. The summed E-state index contributed by atoms with van der Waals surface area (Å²) >= 11 is 2.76. The van der Waals surface area contributed by atoms with Gasteiger partial charge in [0.15, 0.2) is 0 Å². The first-order valence-electron chi connectivity index (χ1n) is 15.6. The summed E-state index contributed by atoms with van der Waals surface area (Å²) in [6.45, 7) is 4.54. The molecule has 0 nitrogen and oxygen atoms in total. The van der Waals surface area contributed by atoms with Crippen LogP contribution in [0.25, 0.3) is 27.4 Å². The molecular weight excluding hydrogens is 707 g/mol. The number of thiophene rings is 2. The Kier molecular flexibility index (Phi) is 10.1. The molecule has 8 rings (SSSR count). The molecule has 0 amide bonds. The van der Waals surface area contributed by atoms with Gasteiger partial charge in [-0.1, -0.05) is 0 Å². The van der Waals surface area contributed by atoms with Crippen molar-refractivity contribution in [2.24, 2.45) is 0 Å². The fourth-order valence-electron chi connectivity index (χ4n) is 7.04. The van der Waals surface area contributed by atoms with E-state index >= 15 is 0 Å². The second-order valence-corrected chi connectivity index (χ2v) is 17.3. The van der Waals surface area contributed by atoms with Crippen molar-refractivity contribution in [1.82, 2.24) is 0 Å². The van der Waals surface area contributed by atoms with Crippen molar-refractivity contribution in [3.8, 4) is 20.9 Å². The van der Waals surface area contributed by atoms with E-state index in [0.717, 1.165) is 0 Å². The molecule has 0 saturated heterocycles. The summed E-state index contributed by atoms with van der Waals surface area (Å²) in [6.07, 6.45) is 23.4. The third kappa shape index (κ3) is 5.90. The standard InChI is InChI=1S/2C20H17S.2ClH.Zr/c2*1-2-5-17-9-11-20(21-17)15-8-10-19-16(13-15)12-14-6-3-4-7-18(14)19;;;/h2*3-4,6-11,13,18H,2,5H2,1H3;2*1H;/q;;;;+2/p-2. The van der Waals surface area contributed by atoms with Crippen LogP contribution in [-0.2, 0) is 36.1 Å². The molecule has 4 aliphatic rings. The topological polar surface area (TPSA) is 0 Å². The predicted octanol–water partition coefficient (Wildman–Crippen LogP) is 5.71. The molecule has 0 saturated carbocycles. The van der Waals surface area contributed by atoms with E-state index < -0.39 is 23.2 Å². The van der Waals surface area contributed by atoms with Gasteiger partial charge < -0.3 is 24.8 Å². The number of allylic oxidation sites excluding steroid dienone is 10. The SMILES string of the molecule is CCCc1ccc(-c2ccc3c(c2)[C]([Zr+2][C]2=C4C=CC=CC4c4ccc(-c5ccc(CCC)s5)cc42)=C2C=CC=CC23)s1.[Cl-].[Cl-]. The third-order valence-electron chi connectivity index (χ3n) is 9.08. The Hall–Kier alpha value is -2.26. The predicted molar refractivity (Wildman–Crippen MR) is 183 cm³/mol. The average Bonchev–Trinajstić information content (AvgIpc) is 3.83. The molecule has 5 heteroatoms. The molecule has 0 spiro atoms. The van der Waals surface area contributed by atoms with Gasteiger partial charge in [-0.25, -0.2) is 0 Å². The zero-order valence-corrected chi connectivity index (χ0v) is 31.1. The van der Waals surface area contributed by atoms with E-state index in [4.69, 9.17) is 0 Å². The number of hydrogen-bond donors (Lipinski definition) is 0. The third-order valence-corrected chi connectivity index (χ3v) is 15.4. The summed E-state index contributed by atoms with van der Waals surface area (Å²) < 4.78 is 3.33. The summed E-state index contributed by atoms with van der Waals surface area (Å²) in [4.78, 5) is 5.79. The summed E-state index contributed by atoms with van der Waals surface area (Å²) in [5.74, 6) is 0.782. The van der Waals surface area contributed by atoms with Crippen LogP contribution in [0, 0.1) is 0 Å². The van der Waals surface area contributed by atoms with Crippen LogP contribution in [0.4, 0.5) is 0 Å². The molecule has 2 unspecified atom stereocenters. The smallest absolute Gasteiger partial charge is 1.00 e. The molecule has 4 aliphatic carbocycles. The number of benzene rings is 2. The molecule has 224 valence electrons. The Balaban J connectivity index is 0.00000179. The van der Waals surface area contributed by atoms with E-state index in [9.17, 15) is 0 Å². The van der Waals surface area contributed by atoms with Crippen molar-refractivity contribution in [2.75, 3.05) is 0 Å². The van der Waals surface area contributed by atoms with E-state index in [1.54, 1.807) is 17.7 Å². The molecule has 0 fully saturated rings. The Morgan fingerprint density at radius 1 is 0.578 bits per heavy atom. The first-order chi connectivity index (χ1) is 21.2. The maximum absolute atomic E-state index is 2.53. The van der Waals surface area contributed by atoms with E-state index in [2.05, 4.69) is 123 Å². The second-order valence-electron chi connectivity index (χ2n) is 11.9. The van der Waals surface area contributed by atoms with Crippen LogP contribution in [0.3, 0.4) is 0 Å². The van der Waals surface area contributed by atoms with Crippen LogP contribution < -0.4 is 24.8 Å². The Morgan fingerprint density at radius 3 is 1.49 bits per heavy atom. The second kappa shape index (κ2) is 13.8. The minimum atomic E-state index is -1.18. The van der Waals surface area contributed by atoms with E-state index in [-0.39, 0.29) is 24.8 Å². The molecule has 0 N–H and O–H groups in total.